The van der Waals surface area contributed by atoms with E-state index in [1.54, 1.807) is 5.38 Å². The van der Waals surface area contributed by atoms with E-state index in [1.807, 2.05) is 0 Å². The van der Waals surface area contributed by atoms with E-state index < -0.39 is 10.1 Å². The highest BCUT2D eigenvalue weighted by atomic mass is 32.3. The highest BCUT2D eigenvalue weighted by Crippen LogP contribution is 2.13. The molecule has 0 saturated carbocycles. The zero-order chi connectivity index (χ0) is 6.91. The smallest absolute Gasteiger partial charge is 0.134 e. The Balaban J connectivity index is 3.20. The van der Waals surface area contributed by atoms with Crippen molar-refractivity contribution < 1.29 is 13.0 Å². The van der Waals surface area contributed by atoms with E-state index in [9.17, 15) is 13.0 Å². The minimum atomic E-state index is -4.19. The maximum absolute atomic E-state index is 10.1. The van der Waals surface area contributed by atoms with Gasteiger partial charge in [0.2, 0.25) is 0 Å². The normalized spacial score (nSPS) is 11.7. The van der Waals surface area contributed by atoms with Gasteiger partial charge in [-0.15, -0.1) is 11.3 Å². The summed E-state index contributed by atoms with van der Waals surface area (Å²) in [7, 11) is -4.19. The van der Waals surface area contributed by atoms with Crippen molar-refractivity contribution in [2.75, 3.05) is 0 Å². The minimum Gasteiger partial charge on any atom is -0.743 e. The van der Waals surface area contributed by atoms with Crippen LogP contribution in [0.1, 0.15) is 0 Å². The molecule has 5 heteroatoms. The molecule has 0 unspecified atom stereocenters. The van der Waals surface area contributed by atoms with Gasteiger partial charge in [0.15, 0.2) is 0 Å². The van der Waals surface area contributed by atoms with Gasteiger partial charge < -0.3 is 4.55 Å². The fraction of sp³-hybridized carbons (Fsp3) is 0. The van der Waals surface area contributed by atoms with Crippen LogP contribution in [0.25, 0.3) is 0 Å². The van der Waals surface area contributed by atoms with Gasteiger partial charge in [0.05, 0.1) is 0 Å². The Morgan fingerprint density at radius 1 is 1.56 bits per heavy atom. The van der Waals surface area contributed by atoms with Gasteiger partial charge in [-0.25, -0.2) is 8.42 Å². The first-order valence-corrected chi connectivity index (χ1v) is 4.39. The Bertz CT molecular complexity index is 271. The van der Waals surface area contributed by atoms with Gasteiger partial charge in [-0.2, -0.15) is 0 Å². The summed E-state index contributed by atoms with van der Waals surface area (Å²) in [5.41, 5.74) is 0. The van der Waals surface area contributed by atoms with Gasteiger partial charge in [-0.1, -0.05) is 6.07 Å². The van der Waals surface area contributed by atoms with E-state index in [1.165, 1.54) is 12.1 Å². The van der Waals surface area contributed by atoms with Crippen LogP contribution in [0.5, 0.6) is 0 Å². The first-order valence-electron chi connectivity index (χ1n) is 2.10. The van der Waals surface area contributed by atoms with Crippen molar-refractivity contribution in [2.45, 2.75) is 4.21 Å². The van der Waals surface area contributed by atoms with E-state index in [2.05, 4.69) is 0 Å². The number of thiophene rings is 1. The third-order valence-corrected chi connectivity index (χ3v) is 2.93. The average Bonchev–Trinajstić information content (AvgIpc) is 2.08. The van der Waals surface area contributed by atoms with Crippen LogP contribution in [0.2, 0.25) is 0 Å². The zero-order valence-electron chi connectivity index (χ0n) is 4.27. The van der Waals surface area contributed by atoms with Crippen LogP contribution in [0.15, 0.2) is 21.7 Å². The molecule has 0 amide bonds. The molecule has 1 heterocycles. The highest BCUT2D eigenvalue weighted by molar-refractivity contribution is 7.88. The predicted octanol–water partition coefficient (Wildman–Crippen LogP) is 0.652. The second kappa shape index (κ2) is 2.09. The molecule has 3 nitrogen and oxygen atoms in total. The van der Waals surface area contributed by atoms with Crippen LogP contribution in [-0.4, -0.2) is 13.0 Å². The van der Waals surface area contributed by atoms with Gasteiger partial charge in [0.25, 0.3) is 0 Å². The van der Waals surface area contributed by atoms with Crippen molar-refractivity contribution in [3.05, 3.63) is 17.5 Å². The van der Waals surface area contributed by atoms with Crippen molar-refractivity contribution in [3.63, 3.8) is 0 Å². The molecular weight excluding hydrogens is 160 g/mol. The Labute approximate surface area is 56.7 Å². The molecule has 9 heavy (non-hydrogen) atoms. The molecule has 0 aliphatic heterocycles. The molecule has 0 spiro atoms. The number of rotatable bonds is 1. The van der Waals surface area contributed by atoms with Crippen molar-refractivity contribution in [1.29, 1.82) is 0 Å². The summed E-state index contributed by atoms with van der Waals surface area (Å²) in [4.78, 5) is 0. The molecule has 1 rings (SSSR count). The second-order valence-corrected chi connectivity index (χ2v) is 3.94. The third-order valence-electron chi connectivity index (χ3n) is 0.741. The van der Waals surface area contributed by atoms with Crippen LogP contribution in [-0.2, 0) is 10.1 Å². The highest BCUT2D eigenvalue weighted by Gasteiger charge is 1.98. The van der Waals surface area contributed by atoms with Gasteiger partial charge in [-0.3, -0.25) is 0 Å². The summed E-state index contributed by atoms with van der Waals surface area (Å²) in [6.07, 6.45) is 0. The molecule has 50 valence electrons. The predicted molar refractivity (Wildman–Crippen MR) is 32.3 cm³/mol. The van der Waals surface area contributed by atoms with Gasteiger partial charge in [-0.05, 0) is 11.4 Å². The van der Waals surface area contributed by atoms with Crippen LogP contribution >= 0.6 is 11.3 Å². The van der Waals surface area contributed by atoms with E-state index in [-0.39, 0.29) is 4.21 Å². The average molecular weight is 163 g/mol. The maximum atomic E-state index is 10.1. The van der Waals surface area contributed by atoms with Crippen molar-refractivity contribution in [1.82, 2.24) is 0 Å². The second-order valence-electron chi connectivity index (χ2n) is 1.39. The summed E-state index contributed by atoms with van der Waals surface area (Å²) in [5, 5.41) is 1.55. The van der Waals surface area contributed by atoms with Crippen LogP contribution in [0.4, 0.5) is 0 Å². The van der Waals surface area contributed by atoms with Gasteiger partial charge in [0.1, 0.15) is 14.3 Å². The van der Waals surface area contributed by atoms with Crippen molar-refractivity contribution in [2.24, 2.45) is 0 Å². The quantitative estimate of drug-likeness (QED) is 0.571. The molecular formula is C4H3O3S2-. The zero-order valence-corrected chi connectivity index (χ0v) is 5.91. The lowest BCUT2D eigenvalue weighted by Gasteiger charge is -2.00. The first kappa shape index (κ1) is 6.73. The molecule has 0 aliphatic rings. The standard InChI is InChI=1S/C4H4O3S2/c5-9(6,7)4-2-1-3-8-4/h1-3H,(H,5,6,7)/p-1. The van der Waals surface area contributed by atoms with Crippen LogP contribution in [0.3, 0.4) is 0 Å². The van der Waals surface area contributed by atoms with Crippen LogP contribution < -0.4 is 0 Å². The summed E-state index contributed by atoms with van der Waals surface area (Å²) < 4.78 is 30.3. The van der Waals surface area contributed by atoms with E-state index >= 15 is 0 Å². The minimum absolute atomic E-state index is 0.123. The number of hydrogen-bond acceptors (Lipinski definition) is 4. The lowest BCUT2D eigenvalue weighted by atomic mass is 10.7. The van der Waals surface area contributed by atoms with E-state index in [0.29, 0.717) is 0 Å². The van der Waals surface area contributed by atoms with Crippen molar-refractivity contribution >= 4 is 21.5 Å². The number of hydrogen-bond donors (Lipinski definition) is 0. The molecule has 0 aromatic carbocycles. The van der Waals surface area contributed by atoms with E-state index in [4.69, 9.17) is 0 Å². The third kappa shape index (κ3) is 1.51. The van der Waals surface area contributed by atoms with Gasteiger partial charge in [0, 0.05) is 0 Å². The molecule has 0 aliphatic carbocycles. The fourth-order valence-electron chi connectivity index (χ4n) is 0.406. The van der Waals surface area contributed by atoms with E-state index in [0.717, 1.165) is 11.3 Å². The largest absolute Gasteiger partial charge is 0.743 e. The lowest BCUT2D eigenvalue weighted by molar-refractivity contribution is 0.465. The van der Waals surface area contributed by atoms with Crippen molar-refractivity contribution in [3.8, 4) is 0 Å². The molecule has 1 aromatic rings. The molecule has 0 atom stereocenters. The molecule has 0 radical (unpaired) electrons. The Morgan fingerprint density at radius 3 is 2.44 bits per heavy atom. The molecule has 0 saturated heterocycles. The molecule has 0 bridgehead atoms. The first-order chi connectivity index (χ1) is 4.11. The Hall–Kier alpha value is -0.390. The SMILES string of the molecule is O=S(=O)([O-])c1cccs1. The maximum Gasteiger partial charge on any atom is 0.134 e. The monoisotopic (exact) mass is 163 g/mol. The lowest BCUT2D eigenvalue weighted by Crippen LogP contribution is -1.93. The summed E-state index contributed by atoms with van der Waals surface area (Å²) in [6.45, 7) is 0. The molecule has 0 N–H and O–H groups in total. The van der Waals surface area contributed by atoms with Gasteiger partial charge >= 0.3 is 0 Å². The topological polar surface area (TPSA) is 57.2 Å². The molecule has 1 aromatic heterocycles. The summed E-state index contributed by atoms with van der Waals surface area (Å²) >= 11 is 0.929. The Kier molecular flexibility index (Phi) is 1.56. The summed E-state index contributed by atoms with van der Waals surface area (Å²) in [5.74, 6) is 0. The summed E-state index contributed by atoms with van der Waals surface area (Å²) in [6, 6.07) is 2.81. The molecule has 0 fully saturated rings. The Morgan fingerprint density at radius 2 is 2.22 bits per heavy atom. The fourth-order valence-corrected chi connectivity index (χ4v) is 1.74. The van der Waals surface area contributed by atoms with Crippen LogP contribution in [0, 0.1) is 0 Å².